The zero-order chi connectivity index (χ0) is 19.1. The maximum absolute atomic E-state index is 10.6. The van der Waals surface area contributed by atoms with Gasteiger partial charge in [0, 0.05) is 0 Å². The summed E-state index contributed by atoms with van der Waals surface area (Å²) in [5.41, 5.74) is 0. The van der Waals surface area contributed by atoms with E-state index in [9.17, 15) is 9.46 Å². The molecule has 0 spiro atoms. The molecule has 3 atom stereocenters. The third-order valence-corrected chi connectivity index (χ3v) is 6.31. The smallest absolute Gasteiger partial charge is 0.756 e. The molecule has 27 heavy (non-hydrogen) atoms. The fraction of sp³-hybridized carbons (Fsp3) is 1.00. The Labute approximate surface area is 190 Å². The van der Waals surface area contributed by atoms with Gasteiger partial charge in [0.05, 0.1) is 6.61 Å². The molecule has 1 N–H and O–H groups in total. The zero-order valence-corrected chi connectivity index (χ0v) is 20.9. The molecule has 0 aromatic carbocycles. The first-order valence-electron chi connectivity index (χ1n) is 11.2. The second kappa shape index (κ2) is 17.9. The van der Waals surface area contributed by atoms with E-state index >= 15 is 0 Å². The second-order valence-corrected chi connectivity index (χ2v) is 9.54. The van der Waals surface area contributed by atoms with Gasteiger partial charge in [-0.25, -0.2) is 0 Å². The van der Waals surface area contributed by atoms with Crippen molar-refractivity contribution in [1.82, 2.24) is 0 Å². The van der Waals surface area contributed by atoms with Crippen LogP contribution in [0.3, 0.4) is 0 Å². The fourth-order valence-electron chi connectivity index (χ4n) is 4.24. The Balaban J connectivity index is 0.00000676. The van der Waals surface area contributed by atoms with Gasteiger partial charge in [0.15, 0.2) is 0 Å². The van der Waals surface area contributed by atoms with Gasteiger partial charge in [-0.3, -0.25) is 4.57 Å². The first-order chi connectivity index (χ1) is 12.5. The third kappa shape index (κ3) is 17.7. The van der Waals surface area contributed by atoms with Gasteiger partial charge in [-0.2, -0.15) is 0 Å². The van der Waals surface area contributed by atoms with Crippen LogP contribution in [0.2, 0.25) is 0 Å². The molecule has 0 radical (unpaired) electrons. The number of hydrogen-bond acceptors (Lipinski definition) is 3. The molecule has 0 heterocycles. The van der Waals surface area contributed by atoms with Crippen LogP contribution >= 0.6 is 7.82 Å². The molecule has 1 saturated carbocycles. The predicted molar refractivity (Wildman–Crippen MR) is 107 cm³/mol. The fourth-order valence-corrected chi connectivity index (χ4v) is 4.64. The van der Waals surface area contributed by atoms with E-state index in [0.29, 0.717) is 5.92 Å². The first-order valence-corrected chi connectivity index (χ1v) is 12.7. The summed E-state index contributed by atoms with van der Waals surface area (Å²) in [7, 11) is -4.54. The molecular formula is C21H42NaO4P. The average Bonchev–Trinajstić information content (AvgIpc) is 3.04. The first kappa shape index (κ1) is 28.1. The van der Waals surface area contributed by atoms with Gasteiger partial charge in [0.1, 0.15) is 0 Å². The number of unbranched alkanes of at least 4 members (excludes halogenated alkanes) is 12. The number of phosphoric ester groups is 1. The van der Waals surface area contributed by atoms with Crippen LogP contribution in [0.25, 0.3) is 0 Å². The summed E-state index contributed by atoms with van der Waals surface area (Å²) >= 11 is 0. The standard InChI is InChI=1S/C21H43O4P.Na/c1-2-3-4-5-6-7-8-9-10-11-12-13-14-15-20-16-17-21(18-20)19-25-26(22,23)24;/h20-21H,2-19H2,1H3,(H2,22,23,24);/q;+1/p-1. The molecule has 0 amide bonds. The van der Waals surface area contributed by atoms with E-state index in [1.54, 1.807) is 0 Å². The number of phosphoric acid groups is 1. The van der Waals surface area contributed by atoms with Gasteiger partial charge in [0.25, 0.3) is 7.82 Å². The van der Waals surface area contributed by atoms with Crippen molar-refractivity contribution in [3.8, 4) is 0 Å². The Morgan fingerprint density at radius 3 is 1.78 bits per heavy atom. The molecule has 6 heteroatoms. The summed E-state index contributed by atoms with van der Waals surface area (Å²) in [6.45, 7) is 2.43. The van der Waals surface area contributed by atoms with Crippen molar-refractivity contribution < 1.29 is 48.4 Å². The second-order valence-electron chi connectivity index (χ2n) is 8.34. The summed E-state index contributed by atoms with van der Waals surface area (Å²) < 4.78 is 15.2. The molecule has 3 unspecified atom stereocenters. The summed E-state index contributed by atoms with van der Waals surface area (Å²) in [4.78, 5) is 19.3. The normalized spacial score (nSPS) is 21.7. The molecule has 1 aliphatic carbocycles. The van der Waals surface area contributed by atoms with Gasteiger partial charge in [-0.05, 0) is 24.7 Å². The maximum atomic E-state index is 10.6. The molecule has 1 rings (SSSR count). The van der Waals surface area contributed by atoms with Crippen molar-refractivity contribution in [2.24, 2.45) is 11.8 Å². The van der Waals surface area contributed by atoms with Crippen molar-refractivity contribution in [2.75, 3.05) is 6.61 Å². The molecule has 0 aromatic heterocycles. The quantitative estimate of drug-likeness (QED) is 0.226. The summed E-state index contributed by atoms with van der Waals surface area (Å²) in [6, 6.07) is 0. The largest absolute Gasteiger partial charge is 1.00 e. The van der Waals surface area contributed by atoms with Crippen molar-refractivity contribution in [3.63, 3.8) is 0 Å². The van der Waals surface area contributed by atoms with Gasteiger partial charge in [0.2, 0.25) is 0 Å². The topological polar surface area (TPSA) is 69.6 Å². The van der Waals surface area contributed by atoms with Gasteiger partial charge >= 0.3 is 29.6 Å². The minimum atomic E-state index is -4.54. The average molecular weight is 413 g/mol. The monoisotopic (exact) mass is 412 g/mol. The van der Waals surface area contributed by atoms with Crippen LogP contribution < -0.4 is 34.5 Å². The van der Waals surface area contributed by atoms with Crippen molar-refractivity contribution in [1.29, 1.82) is 0 Å². The summed E-state index contributed by atoms with van der Waals surface area (Å²) in [5.74, 6) is 1.03. The molecule has 156 valence electrons. The third-order valence-electron chi connectivity index (χ3n) is 5.84. The Morgan fingerprint density at radius 1 is 0.852 bits per heavy atom. The minimum absolute atomic E-state index is 0. The van der Waals surface area contributed by atoms with Crippen LogP contribution in [0.1, 0.15) is 116 Å². The summed E-state index contributed by atoms with van der Waals surface area (Å²) in [6.07, 6.45) is 22.6. The van der Waals surface area contributed by atoms with E-state index in [1.165, 1.54) is 96.3 Å². The van der Waals surface area contributed by atoms with E-state index < -0.39 is 7.82 Å². The van der Waals surface area contributed by atoms with Crippen LogP contribution in [0, 0.1) is 11.8 Å². The van der Waals surface area contributed by atoms with Gasteiger partial charge in [-0.1, -0.05) is 103 Å². The van der Waals surface area contributed by atoms with E-state index in [1.807, 2.05) is 0 Å². The Morgan fingerprint density at radius 2 is 1.30 bits per heavy atom. The maximum Gasteiger partial charge on any atom is 1.00 e. The molecule has 0 aliphatic heterocycles. The number of hydrogen-bond donors (Lipinski definition) is 1. The summed E-state index contributed by atoms with van der Waals surface area (Å²) in [5, 5.41) is 0. The van der Waals surface area contributed by atoms with E-state index in [4.69, 9.17) is 4.89 Å². The molecular weight excluding hydrogens is 370 g/mol. The Bertz CT molecular complexity index is 375. The SMILES string of the molecule is CCCCCCCCCCCCCCCC1CCC(COP(=O)([O-])O)C1.[Na+]. The molecule has 0 bridgehead atoms. The van der Waals surface area contributed by atoms with Crippen molar-refractivity contribution in [3.05, 3.63) is 0 Å². The van der Waals surface area contributed by atoms with Crippen LogP contribution in [0.4, 0.5) is 0 Å². The van der Waals surface area contributed by atoms with Crippen LogP contribution in [-0.2, 0) is 9.09 Å². The van der Waals surface area contributed by atoms with Crippen molar-refractivity contribution in [2.45, 2.75) is 116 Å². The van der Waals surface area contributed by atoms with E-state index in [-0.39, 0.29) is 36.2 Å². The molecule has 4 nitrogen and oxygen atoms in total. The predicted octanol–water partition coefficient (Wildman–Crippen LogP) is 3.37. The van der Waals surface area contributed by atoms with Crippen LogP contribution in [0.15, 0.2) is 0 Å². The van der Waals surface area contributed by atoms with Gasteiger partial charge in [-0.15, -0.1) is 0 Å². The van der Waals surface area contributed by atoms with E-state index in [2.05, 4.69) is 11.4 Å². The van der Waals surface area contributed by atoms with Crippen LogP contribution in [0.5, 0.6) is 0 Å². The van der Waals surface area contributed by atoms with E-state index in [0.717, 1.165) is 18.8 Å². The zero-order valence-electron chi connectivity index (χ0n) is 18.0. The van der Waals surface area contributed by atoms with Crippen LogP contribution in [-0.4, -0.2) is 11.5 Å². The molecule has 0 aromatic rings. The van der Waals surface area contributed by atoms with Gasteiger partial charge < -0.3 is 14.3 Å². The molecule has 1 aliphatic rings. The number of rotatable bonds is 17. The molecule has 1 fully saturated rings. The Kier molecular flexibility index (Phi) is 18.7. The van der Waals surface area contributed by atoms with Crippen molar-refractivity contribution >= 4 is 7.82 Å². The molecule has 0 saturated heterocycles. The minimum Gasteiger partial charge on any atom is -0.756 e. The Hall–Kier alpha value is 1.11.